The van der Waals surface area contributed by atoms with Crippen LogP contribution in [0.4, 0.5) is 4.39 Å². The topological polar surface area (TPSA) is 49.4 Å². The number of hydrogen-bond acceptors (Lipinski definition) is 3. The van der Waals surface area contributed by atoms with Gasteiger partial charge in [0.1, 0.15) is 11.9 Å². The predicted molar refractivity (Wildman–Crippen MR) is 121 cm³/mol. The van der Waals surface area contributed by atoms with E-state index < -0.39 is 6.04 Å². The Hall–Kier alpha value is -2.34. The molecule has 30 heavy (non-hydrogen) atoms. The van der Waals surface area contributed by atoms with Crippen LogP contribution < -0.4 is 5.32 Å². The highest BCUT2D eigenvalue weighted by Gasteiger charge is 2.28. The molecule has 0 radical (unpaired) electrons. The minimum atomic E-state index is -0.553. The molecule has 2 amide bonds. The van der Waals surface area contributed by atoms with Gasteiger partial charge in [-0.3, -0.25) is 9.59 Å². The van der Waals surface area contributed by atoms with Gasteiger partial charge in [-0.05, 0) is 42.2 Å². The maximum Gasteiger partial charge on any atom is 0.242 e. The molecule has 2 aromatic carbocycles. The third kappa shape index (κ3) is 7.82. The molecule has 1 unspecified atom stereocenters. The van der Waals surface area contributed by atoms with E-state index in [1.54, 1.807) is 28.8 Å². The second-order valence-electron chi connectivity index (χ2n) is 7.62. The van der Waals surface area contributed by atoms with Gasteiger partial charge in [0.05, 0.1) is 0 Å². The number of nitrogens with one attached hydrogen (secondary N) is 1. The van der Waals surface area contributed by atoms with Gasteiger partial charge >= 0.3 is 0 Å². The van der Waals surface area contributed by atoms with Gasteiger partial charge in [0.15, 0.2) is 0 Å². The quantitative estimate of drug-likeness (QED) is 0.517. The van der Waals surface area contributed by atoms with Gasteiger partial charge in [-0.2, -0.15) is 0 Å². The standard InChI is InChI=1S/C24H31FN2O2S/c1-4-22(24(29)26-16-18(2)3)27(17-19-10-12-20(25)13-11-19)23(28)14-15-30-21-8-6-5-7-9-21/h5-13,18,22H,4,14-17H2,1-3H3,(H,26,29). The van der Waals surface area contributed by atoms with Crippen molar-refractivity contribution in [3.63, 3.8) is 0 Å². The van der Waals surface area contributed by atoms with Crippen LogP contribution in [0.1, 0.15) is 39.2 Å². The van der Waals surface area contributed by atoms with E-state index in [4.69, 9.17) is 0 Å². The van der Waals surface area contributed by atoms with E-state index in [0.29, 0.717) is 31.1 Å². The van der Waals surface area contributed by atoms with Crippen LogP contribution >= 0.6 is 11.8 Å². The Labute approximate surface area is 183 Å². The normalized spacial score (nSPS) is 11.9. The van der Waals surface area contributed by atoms with Gasteiger partial charge in [-0.1, -0.05) is 51.1 Å². The molecular formula is C24H31FN2O2S. The second kappa shape index (κ2) is 12.4. The maximum atomic E-state index is 13.3. The SMILES string of the molecule is CCC(C(=O)NCC(C)C)N(Cc1ccc(F)cc1)C(=O)CCSc1ccccc1. The van der Waals surface area contributed by atoms with Crippen molar-refractivity contribution in [3.05, 3.63) is 66.0 Å². The van der Waals surface area contributed by atoms with E-state index in [9.17, 15) is 14.0 Å². The second-order valence-corrected chi connectivity index (χ2v) is 8.79. The Morgan fingerprint density at radius 1 is 1.07 bits per heavy atom. The summed E-state index contributed by atoms with van der Waals surface area (Å²) in [6.07, 6.45) is 0.845. The van der Waals surface area contributed by atoms with Crippen molar-refractivity contribution in [2.24, 2.45) is 5.92 Å². The van der Waals surface area contributed by atoms with Gasteiger partial charge in [0.2, 0.25) is 11.8 Å². The Bertz CT molecular complexity index is 797. The average molecular weight is 431 g/mol. The van der Waals surface area contributed by atoms with Crippen molar-refractivity contribution in [2.45, 2.75) is 51.1 Å². The third-order valence-corrected chi connectivity index (χ3v) is 5.68. The maximum absolute atomic E-state index is 13.3. The Morgan fingerprint density at radius 3 is 2.33 bits per heavy atom. The minimum absolute atomic E-state index is 0.0747. The molecule has 0 saturated carbocycles. The summed E-state index contributed by atoms with van der Waals surface area (Å²) in [5.74, 6) is 0.423. The summed E-state index contributed by atoms with van der Waals surface area (Å²) >= 11 is 1.62. The zero-order valence-electron chi connectivity index (χ0n) is 17.9. The zero-order chi connectivity index (χ0) is 21.9. The van der Waals surface area contributed by atoms with Crippen LogP contribution in [0, 0.1) is 11.7 Å². The first-order valence-electron chi connectivity index (χ1n) is 10.4. The molecule has 162 valence electrons. The number of amides is 2. The molecule has 4 nitrogen and oxygen atoms in total. The van der Waals surface area contributed by atoms with Crippen LogP contribution in [0.15, 0.2) is 59.5 Å². The summed E-state index contributed by atoms with van der Waals surface area (Å²) in [5, 5.41) is 2.95. The molecular weight excluding hydrogens is 399 g/mol. The lowest BCUT2D eigenvalue weighted by Crippen LogP contribution is -2.49. The van der Waals surface area contributed by atoms with Crippen molar-refractivity contribution < 1.29 is 14.0 Å². The van der Waals surface area contributed by atoms with E-state index in [2.05, 4.69) is 5.32 Å². The molecule has 0 spiro atoms. The highest BCUT2D eigenvalue weighted by Crippen LogP contribution is 2.20. The number of rotatable bonds is 11. The van der Waals surface area contributed by atoms with Gasteiger partial charge in [0.25, 0.3) is 0 Å². The van der Waals surface area contributed by atoms with Crippen LogP contribution in [0.2, 0.25) is 0 Å². The molecule has 6 heteroatoms. The first kappa shape index (κ1) is 23.9. The fourth-order valence-corrected chi connectivity index (χ4v) is 3.91. The van der Waals surface area contributed by atoms with Crippen molar-refractivity contribution >= 4 is 23.6 Å². The molecule has 2 rings (SSSR count). The minimum Gasteiger partial charge on any atom is -0.354 e. The van der Waals surface area contributed by atoms with Crippen molar-refractivity contribution in [1.82, 2.24) is 10.2 Å². The van der Waals surface area contributed by atoms with Gasteiger partial charge in [-0.25, -0.2) is 4.39 Å². The zero-order valence-corrected chi connectivity index (χ0v) is 18.8. The number of benzene rings is 2. The summed E-state index contributed by atoms with van der Waals surface area (Å²) in [6.45, 7) is 6.82. The first-order valence-corrected chi connectivity index (χ1v) is 11.4. The monoisotopic (exact) mass is 430 g/mol. The molecule has 0 aromatic heterocycles. The molecule has 1 N–H and O–H groups in total. The number of halogens is 1. The van der Waals surface area contributed by atoms with Crippen molar-refractivity contribution in [1.29, 1.82) is 0 Å². The fourth-order valence-electron chi connectivity index (χ4n) is 3.05. The van der Waals surface area contributed by atoms with E-state index >= 15 is 0 Å². The molecule has 0 aliphatic rings. The number of thioether (sulfide) groups is 1. The number of hydrogen-bond donors (Lipinski definition) is 1. The van der Waals surface area contributed by atoms with E-state index in [1.807, 2.05) is 51.1 Å². The highest BCUT2D eigenvalue weighted by atomic mass is 32.2. The number of carbonyl (C=O) groups excluding carboxylic acids is 2. The summed E-state index contributed by atoms with van der Waals surface area (Å²) in [6, 6.07) is 15.4. The van der Waals surface area contributed by atoms with Crippen LogP contribution in [-0.4, -0.2) is 35.1 Å². The van der Waals surface area contributed by atoms with Gasteiger partial charge in [-0.15, -0.1) is 11.8 Å². The molecule has 0 aliphatic carbocycles. The number of carbonyl (C=O) groups is 2. The van der Waals surface area contributed by atoms with Gasteiger partial charge < -0.3 is 10.2 Å². The molecule has 0 heterocycles. The van der Waals surface area contributed by atoms with Crippen LogP contribution in [0.3, 0.4) is 0 Å². The lowest BCUT2D eigenvalue weighted by Gasteiger charge is -2.31. The van der Waals surface area contributed by atoms with Crippen LogP contribution in [-0.2, 0) is 16.1 Å². The smallest absolute Gasteiger partial charge is 0.242 e. The molecule has 1 atom stereocenters. The van der Waals surface area contributed by atoms with E-state index in [1.165, 1.54) is 12.1 Å². The highest BCUT2D eigenvalue weighted by molar-refractivity contribution is 7.99. The van der Waals surface area contributed by atoms with Crippen LogP contribution in [0.5, 0.6) is 0 Å². The predicted octanol–water partition coefficient (Wildman–Crippen LogP) is 4.89. The van der Waals surface area contributed by atoms with Crippen LogP contribution in [0.25, 0.3) is 0 Å². The number of nitrogens with zero attached hydrogens (tertiary/aromatic N) is 1. The lowest BCUT2D eigenvalue weighted by molar-refractivity contribution is -0.141. The Morgan fingerprint density at radius 2 is 1.73 bits per heavy atom. The van der Waals surface area contributed by atoms with E-state index in [-0.39, 0.29) is 24.2 Å². The molecule has 0 saturated heterocycles. The Kier molecular flexibility index (Phi) is 9.87. The molecule has 2 aromatic rings. The Balaban J connectivity index is 2.10. The largest absolute Gasteiger partial charge is 0.354 e. The average Bonchev–Trinajstić information content (AvgIpc) is 2.74. The first-order chi connectivity index (χ1) is 14.4. The van der Waals surface area contributed by atoms with E-state index in [0.717, 1.165) is 10.5 Å². The summed E-state index contributed by atoms with van der Waals surface area (Å²) in [5.41, 5.74) is 0.801. The van der Waals surface area contributed by atoms with Crippen molar-refractivity contribution in [2.75, 3.05) is 12.3 Å². The van der Waals surface area contributed by atoms with Gasteiger partial charge in [0, 0.05) is 30.2 Å². The molecule has 0 fully saturated rings. The summed E-state index contributed by atoms with van der Waals surface area (Å²) in [7, 11) is 0. The molecule has 0 bridgehead atoms. The summed E-state index contributed by atoms with van der Waals surface area (Å²) < 4.78 is 13.3. The fraction of sp³-hybridized carbons (Fsp3) is 0.417. The van der Waals surface area contributed by atoms with Crippen molar-refractivity contribution in [3.8, 4) is 0 Å². The summed E-state index contributed by atoms with van der Waals surface area (Å²) in [4.78, 5) is 28.6. The lowest BCUT2D eigenvalue weighted by atomic mass is 10.1. The third-order valence-electron chi connectivity index (χ3n) is 4.66. The molecule has 0 aliphatic heterocycles.